The van der Waals surface area contributed by atoms with E-state index in [0.717, 1.165) is 11.1 Å². The molecule has 2 amide bonds. The first-order valence-electron chi connectivity index (χ1n) is 9.19. The van der Waals surface area contributed by atoms with Gasteiger partial charge in [0.05, 0.1) is 17.6 Å². The van der Waals surface area contributed by atoms with E-state index >= 15 is 0 Å². The fourth-order valence-electron chi connectivity index (χ4n) is 3.64. The van der Waals surface area contributed by atoms with E-state index < -0.39 is 11.7 Å². The molecule has 1 aromatic heterocycles. The summed E-state index contributed by atoms with van der Waals surface area (Å²) in [6, 6.07) is 9.81. The Morgan fingerprint density at radius 2 is 2.00 bits per heavy atom. The third-order valence-electron chi connectivity index (χ3n) is 5.11. The summed E-state index contributed by atoms with van der Waals surface area (Å²) in [4.78, 5) is 24.8. The lowest BCUT2D eigenvalue weighted by Crippen LogP contribution is -2.32. The number of nitrogens with zero attached hydrogens (tertiary/aromatic N) is 1. The molecule has 3 aromatic rings. The number of nitrogens with one attached hydrogen (secondary N) is 3. The number of aromatic nitrogens is 2. The van der Waals surface area contributed by atoms with Crippen LogP contribution >= 0.6 is 23.2 Å². The number of hydrogen-bond donors (Lipinski definition) is 3. The van der Waals surface area contributed by atoms with Crippen molar-refractivity contribution in [1.29, 1.82) is 0 Å². The van der Waals surface area contributed by atoms with Crippen molar-refractivity contribution in [3.05, 3.63) is 69.2 Å². The Morgan fingerprint density at radius 1 is 1.27 bits per heavy atom. The highest BCUT2D eigenvalue weighted by Gasteiger charge is 2.29. The van der Waals surface area contributed by atoms with Crippen LogP contribution < -0.4 is 10.6 Å². The van der Waals surface area contributed by atoms with E-state index in [4.69, 9.17) is 23.2 Å². The van der Waals surface area contributed by atoms with Crippen LogP contribution in [0, 0.1) is 5.82 Å². The quantitative estimate of drug-likeness (QED) is 0.531. The average molecular weight is 447 g/mol. The van der Waals surface area contributed by atoms with Gasteiger partial charge in [-0.15, -0.1) is 0 Å². The molecule has 154 valence electrons. The smallest absolute Gasteiger partial charge is 0.228 e. The molecule has 0 saturated carbocycles. The maximum Gasteiger partial charge on any atom is 0.228 e. The largest absolute Gasteiger partial charge is 0.330 e. The Hall–Kier alpha value is -2.90. The molecule has 0 spiro atoms. The molecule has 2 aromatic carbocycles. The van der Waals surface area contributed by atoms with Gasteiger partial charge in [-0.05, 0) is 36.3 Å². The van der Waals surface area contributed by atoms with E-state index in [0.29, 0.717) is 21.6 Å². The summed E-state index contributed by atoms with van der Waals surface area (Å²) in [6.07, 6.45) is 0.211. The molecule has 4 rings (SSSR count). The van der Waals surface area contributed by atoms with Crippen molar-refractivity contribution in [3.8, 4) is 0 Å². The van der Waals surface area contributed by atoms with Crippen molar-refractivity contribution in [2.24, 2.45) is 0 Å². The Labute approximate surface area is 181 Å². The first-order chi connectivity index (χ1) is 14.3. The number of halogens is 3. The molecule has 0 fully saturated rings. The maximum absolute atomic E-state index is 14.4. The molecule has 0 bridgehead atoms. The van der Waals surface area contributed by atoms with E-state index in [9.17, 15) is 14.0 Å². The molecular weight excluding hydrogens is 430 g/mol. The summed E-state index contributed by atoms with van der Waals surface area (Å²) < 4.78 is 14.4. The van der Waals surface area contributed by atoms with E-state index in [-0.39, 0.29) is 35.5 Å². The molecule has 1 unspecified atom stereocenters. The molecular formula is C21H17Cl2FN4O2. The summed E-state index contributed by atoms with van der Waals surface area (Å²) in [5.74, 6) is -1.41. The van der Waals surface area contributed by atoms with Crippen LogP contribution in [0.1, 0.15) is 31.2 Å². The first-order valence-corrected chi connectivity index (χ1v) is 9.95. The van der Waals surface area contributed by atoms with Crippen LogP contribution in [0.4, 0.5) is 10.1 Å². The molecule has 9 heteroatoms. The van der Waals surface area contributed by atoms with Crippen molar-refractivity contribution in [3.63, 3.8) is 0 Å². The zero-order valence-electron chi connectivity index (χ0n) is 15.9. The summed E-state index contributed by atoms with van der Waals surface area (Å²) in [7, 11) is 0. The van der Waals surface area contributed by atoms with Gasteiger partial charge in [-0.1, -0.05) is 35.3 Å². The van der Waals surface area contributed by atoms with Gasteiger partial charge in [-0.3, -0.25) is 14.7 Å². The molecule has 0 saturated heterocycles. The lowest BCUT2D eigenvalue weighted by atomic mass is 9.83. The standard InChI is InChI=1S/C21H17Cl2FN4O2/c1-10-13(14(8-19(29)25-10)11-2-4-12(22)5-3-11)7-20(30)26-18-6-15-17(9-16(18)24)27-28-21(15)23/h2-6,9,14H,7-8H2,1H3,(H,25,29)(H,26,30)(H,27,28). The fraction of sp³-hybridized carbons (Fsp3) is 0.190. The molecule has 2 heterocycles. The average Bonchev–Trinajstić information content (AvgIpc) is 3.04. The van der Waals surface area contributed by atoms with Crippen molar-refractivity contribution in [1.82, 2.24) is 15.5 Å². The minimum absolute atomic E-state index is 0.00397. The second-order valence-corrected chi connectivity index (χ2v) is 7.93. The second kappa shape index (κ2) is 8.08. The van der Waals surface area contributed by atoms with E-state index in [1.54, 1.807) is 19.1 Å². The lowest BCUT2D eigenvalue weighted by molar-refractivity contribution is -0.121. The number of benzene rings is 2. The minimum Gasteiger partial charge on any atom is -0.330 e. The lowest BCUT2D eigenvalue weighted by Gasteiger charge is -2.28. The van der Waals surface area contributed by atoms with Gasteiger partial charge in [0.2, 0.25) is 11.8 Å². The number of H-pyrrole nitrogens is 1. The van der Waals surface area contributed by atoms with Gasteiger partial charge in [0.1, 0.15) is 11.0 Å². The van der Waals surface area contributed by atoms with Crippen molar-refractivity contribution < 1.29 is 14.0 Å². The Bertz CT molecular complexity index is 1190. The van der Waals surface area contributed by atoms with Gasteiger partial charge in [0, 0.05) is 34.5 Å². The van der Waals surface area contributed by atoms with E-state index in [1.165, 1.54) is 12.1 Å². The molecule has 1 atom stereocenters. The Morgan fingerprint density at radius 3 is 2.73 bits per heavy atom. The zero-order valence-corrected chi connectivity index (χ0v) is 17.4. The zero-order chi connectivity index (χ0) is 21.4. The number of aromatic amines is 1. The van der Waals surface area contributed by atoms with Crippen molar-refractivity contribution in [2.75, 3.05) is 5.32 Å². The summed E-state index contributed by atoms with van der Waals surface area (Å²) in [5, 5.41) is 13.2. The van der Waals surface area contributed by atoms with Crippen LogP contribution in [0.25, 0.3) is 10.9 Å². The highest BCUT2D eigenvalue weighted by molar-refractivity contribution is 6.34. The molecule has 1 aliphatic heterocycles. The van der Waals surface area contributed by atoms with E-state index in [2.05, 4.69) is 20.8 Å². The molecule has 30 heavy (non-hydrogen) atoms. The highest BCUT2D eigenvalue weighted by atomic mass is 35.5. The number of anilines is 1. The number of amides is 2. The maximum atomic E-state index is 14.4. The normalized spacial score (nSPS) is 16.7. The summed E-state index contributed by atoms with van der Waals surface area (Å²) >= 11 is 12.0. The molecule has 0 aliphatic carbocycles. The molecule has 6 nitrogen and oxygen atoms in total. The Balaban J connectivity index is 1.59. The summed E-state index contributed by atoms with van der Waals surface area (Å²) in [6.45, 7) is 1.75. The third kappa shape index (κ3) is 4.04. The Kier molecular flexibility index (Phi) is 5.49. The van der Waals surface area contributed by atoms with Gasteiger partial charge in [-0.2, -0.15) is 5.10 Å². The SMILES string of the molecule is CC1=C(CC(=O)Nc2cc3c(Cl)[nH]nc3cc2F)C(c2ccc(Cl)cc2)CC(=O)N1. The second-order valence-electron chi connectivity index (χ2n) is 7.12. The number of carbonyl (C=O) groups excluding carboxylic acids is 2. The molecule has 3 N–H and O–H groups in total. The number of fused-ring (bicyclic) bond motifs is 1. The van der Waals surface area contributed by atoms with Crippen molar-refractivity contribution in [2.45, 2.75) is 25.7 Å². The number of allylic oxidation sites excluding steroid dienone is 1. The van der Waals surface area contributed by atoms with Gasteiger partial charge >= 0.3 is 0 Å². The van der Waals surface area contributed by atoms with Gasteiger partial charge in [0.25, 0.3) is 0 Å². The number of hydrogen-bond acceptors (Lipinski definition) is 3. The van der Waals surface area contributed by atoms with Crippen LogP contribution in [-0.4, -0.2) is 22.0 Å². The molecule has 0 radical (unpaired) electrons. The van der Waals surface area contributed by atoms with Crippen LogP contribution in [0.3, 0.4) is 0 Å². The molecule has 1 aliphatic rings. The number of carbonyl (C=O) groups is 2. The van der Waals surface area contributed by atoms with Crippen LogP contribution in [-0.2, 0) is 9.59 Å². The van der Waals surface area contributed by atoms with Crippen LogP contribution in [0.15, 0.2) is 47.7 Å². The topological polar surface area (TPSA) is 86.9 Å². The predicted molar refractivity (Wildman–Crippen MR) is 114 cm³/mol. The van der Waals surface area contributed by atoms with Gasteiger partial charge in [-0.25, -0.2) is 4.39 Å². The summed E-state index contributed by atoms with van der Waals surface area (Å²) in [5.41, 5.74) is 2.64. The highest BCUT2D eigenvalue weighted by Crippen LogP contribution is 2.35. The van der Waals surface area contributed by atoms with Gasteiger partial charge in [0.15, 0.2) is 0 Å². The fourth-order valence-corrected chi connectivity index (χ4v) is 3.96. The number of rotatable bonds is 4. The van der Waals surface area contributed by atoms with Gasteiger partial charge < -0.3 is 10.6 Å². The predicted octanol–water partition coefficient (Wildman–Crippen LogP) is 4.92. The van der Waals surface area contributed by atoms with Crippen LogP contribution in [0.2, 0.25) is 10.2 Å². The van der Waals surface area contributed by atoms with Crippen LogP contribution in [0.5, 0.6) is 0 Å². The first kappa shape index (κ1) is 20.4. The van der Waals surface area contributed by atoms with Crippen molar-refractivity contribution >= 4 is 51.6 Å². The minimum atomic E-state index is -0.615. The van der Waals surface area contributed by atoms with E-state index in [1.807, 2.05) is 12.1 Å². The third-order valence-corrected chi connectivity index (χ3v) is 5.65. The monoisotopic (exact) mass is 446 g/mol.